The maximum absolute atomic E-state index is 12.8. The van der Waals surface area contributed by atoms with Crippen LogP contribution in [0.4, 0.5) is 16.2 Å². The summed E-state index contributed by atoms with van der Waals surface area (Å²) in [6.07, 6.45) is 0. The molecule has 2 amide bonds. The van der Waals surface area contributed by atoms with Gasteiger partial charge in [-0.1, -0.05) is 18.2 Å². The van der Waals surface area contributed by atoms with Crippen LogP contribution >= 0.6 is 0 Å². The van der Waals surface area contributed by atoms with Gasteiger partial charge in [0, 0.05) is 37.0 Å². The monoisotopic (exact) mass is 434 g/mol. The molecule has 0 aliphatic carbocycles. The van der Waals surface area contributed by atoms with E-state index < -0.39 is 21.0 Å². The number of carbonyl (C=O) groups excluding carboxylic acids is 1. The minimum Gasteiger partial charge on any atom is -0.325 e. The smallest absolute Gasteiger partial charge is 0.321 e. The average Bonchev–Trinajstić information content (AvgIpc) is 2.69. The van der Waals surface area contributed by atoms with Gasteiger partial charge in [-0.3, -0.25) is 10.1 Å². The second-order valence-corrected chi connectivity index (χ2v) is 8.46. The highest BCUT2D eigenvalue weighted by Gasteiger charge is 2.23. The summed E-state index contributed by atoms with van der Waals surface area (Å²) in [5, 5.41) is 13.8. The first-order valence-electron chi connectivity index (χ1n) is 9.52. The highest BCUT2D eigenvalue weighted by Crippen LogP contribution is 2.24. The Morgan fingerprint density at radius 3 is 2.27 bits per heavy atom. The number of nitrogens with zero attached hydrogens (tertiary/aromatic N) is 2. The number of hydrogen-bond donors (Lipinski definition) is 2. The number of sulfonamides is 1. The van der Waals surface area contributed by atoms with Crippen molar-refractivity contribution in [2.75, 3.05) is 18.4 Å². The molecule has 2 N–H and O–H groups in total. The Kier molecular flexibility index (Phi) is 7.52. The topological polar surface area (TPSA) is 122 Å². The van der Waals surface area contributed by atoms with E-state index in [2.05, 4.69) is 10.0 Å². The number of rotatable bonds is 8. The summed E-state index contributed by atoms with van der Waals surface area (Å²) >= 11 is 0. The van der Waals surface area contributed by atoms with Gasteiger partial charge in [0.15, 0.2) is 0 Å². The van der Waals surface area contributed by atoms with Crippen LogP contribution in [-0.4, -0.2) is 37.4 Å². The molecule has 0 unspecified atom stereocenters. The average molecular weight is 435 g/mol. The molecular weight excluding hydrogens is 408 g/mol. The van der Waals surface area contributed by atoms with Crippen LogP contribution in [-0.2, 0) is 10.0 Å². The number of urea groups is 1. The van der Waals surface area contributed by atoms with E-state index in [0.29, 0.717) is 29.9 Å². The number of nitro groups is 1. The van der Waals surface area contributed by atoms with Crippen molar-refractivity contribution < 1.29 is 18.1 Å². The number of amides is 2. The fourth-order valence-electron chi connectivity index (χ4n) is 2.92. The predicted octanol–water partition coefficient (Wildman–Crippen LogP) is 3.82. The van der Waals surface area contributed by atoms with Gasteiger partial charge in [0.05, 0.1) is 9.82 Å². The van der Waals surface area contributed by atoms with Gasteiger partial charge in [-0.2, -0.15) is 0 Å². The molecular formula is C20H26N4O5S. The van der Waals surface area contributed by atoms with Crippen LogP contribution in [0.2, 0.25) is 0 Å². The molecule has 0 radical (unpaired) electrons. The van der Waals surface area contributed by atoms with Crippen molar-refractivity contribution in [3.05, 3.63) is 63.7 Å². The van der Waals surface area contributed by atoms with E-state index in [0.717, 1.165) is 6.07 Å². The minimum atomic E-state index is -3.97. The largest absolute Gasteiger partial charge is 0.325 e. The number of anilines is 1. The molecule has 0 saturated heterocycles. The SMILES string of the molecule is CCN(CC)C(=O)Nc1ccc([C@@H](C)NS(=O)(=O)c2cc([N+](=O)[O-])ccc2C)cc1. The Labute approximate surface area is 176 Å². The van der Waals surface area contributed by atoms with Crippen LogP contribution in [0.1, 0.15) is 37.9 Å². The molecule has 0 fully saturated rings. The number of nitrogens with one attached hydrogen (secondary N) is 2. The Morgan fingerprint density at radius 2 is 1.73 bits per heavy atom. The first kappa shape index (κ1) is 23.3. The molecule has 2 aromatic rings. The van der Waals surface area contributed by atoms with Gasteiger partial charge in [-0.15, -0.1) is 0 Å². The van der Waals surface area contributed by atoms with Crippen molar-refractivity contribution >= 4 is 27.4 Å². The van der Waals surface area contributed by atoms with Gasteiger partial charge >= 0.3 is 6.03 Å². The van der Waals surface area contributed by atoms with Crippen molar-refractivity contribution in [2.45, 2.75) is 38.6 Å². The maximum atomic E-state index is 12.8. The Balaban J connectivity index is 2.16. The van der Waals surface area contributed by atoms with E-state index in [1.807, 2.05) is 13.8 Å². The number of aryl methyl sites for hydroxylation is 1. The van der Waals surface area contributed by atoms with Crippen LogP contribution in [0.3, 0.4) is 0 Å². The third kappa shape index (κ3) is 5.55. The molecule has 162 valence electrons. The lowest BCUT2D eigenvalue weighted by Crippen LogP contribution is -2.34. The van der Waals surface area contributed by atoms with Gasteiger partial charge < -0.3 is 10.2 Å². The number of carbonyl (C=O) groups is 1. The molecule has 30 heavy (non-hydrogen) atoms. The third-order valence-electron chi connectivity index (χ3n) is 4.72. The van der Waals surface area contributed by atoms with E-state index in [-0.39, 0.29) is 16.6 Å². The summed E-state index contributed by atoms with van der Waals surface area (Å²) in [6.45, 7) is 8.22. The molecule has 9 nitrogen and oxygen atoms in total. The van der Waals surface area contributed by atoms with Gasteiger partial charge in [0.2, 0.25) is 10.0 Å². The Morgan fingerprint density at radius 1 is 1.13 bits per heavy atom. The standard InChI is InChI=1S/C20H26N4O5S/c1-5-23(6-2)20(25)21-17-10-8-16(9-11-17)15(4)22-30(28,29)19-13-18(24(26)27)12-7-14(19)3/h7-13,15,22H,5-6H2,1-4H3,(H,21,25)/t15-/m1/s1. The van der Waals surface area contributed by atoms with Gasteiger partial charge in [-0.05, 0) is 51.0 Å². The summed E-state index contributed by atoms with van der Waals surface area (Å²) < 4.78 is 28.1. The second-order valence-electron chi connectivity index (χ2n) is 6.77. The Hall–Kier alpha value is -2.98. The molecule has 0 aliphatic heterocycles. The predicted molar refractivity (Wildman–Crippen MR) is 115 cm³/mol. The lowest BCUT2D eigenvalue weighted by Gasteiger charge is -2.20. The lowest BCUT2D eigenvalue weighted by atomic mass is 10.1. The third-order valence-corrected chi connectivity index (χ3v) is 6.40. The highest BCUT2D eigenvalue weighted by atomic mass is 32.2. The van der Waals surface area contributed by atoms with Gasteiger partial charge in [-0.25, -0.2) is 17.9 Å². The molecule has 10 heteroatoms. The number of benzene rings is 2. The number of nitro benzene ring substituents is 1. The van der Waals surface area contributed by atoms with Crippen molar-refractivity contribution in [3.63, 3.8) is 0 Å². The van der Waals surface area contributed by atoms with Crippen molar-refractivity contribution in [3.8, 4) is 0 Å². The fourth-order valence-corrected chi connectivity index (χ4v) is 4.42. The van der Waals surface area contributed by atoms with Gasteiger partial charge in [0.25, 0.3) is 5.69 Å². The summed E-state index contributed by atoms with van der Waals surface area (Å²) in [7, 11) is -3.97. The summed E-state index contributed by atoms with van der Waals surface area (Å²) in [4.78, 5) is 24.0. The van der Waals surface area contributed by atoms with E-state index in [4.69, 9.17) is 0 Å². The molecule has 0 heterocycles. The number of hydrogen-bond acceptors (Lipinski definition) is 5. The molecule has 0 saturated carbocycles. The van der Waals surface area contributed by atoms with Crippen molar-refractivity contribution in [1.82, 2.24) is 9.62 Å². The van der Waals surface area contributed by atoms with Crippen LogP contribution in [0.5, 0.6) is 0 Å². The minimum absolute atomic E-state index is 0.133. The van der Waals surface area contributed by atoms with E-state index >= 15 is 0 Å². The zero-order chi connectivity index (χ0) is 22.5. The van der Waals surface area contributed by atoms with E-state index in [1.54, 1.807) is 43.0 Å². The summed E-state index contributed by atoms with van der Waals surface area (Å²) in [5.41, 5.74) is 1.40. The van der Waals surface area contributed by atoms with Gasteiger partial charge in [0.1, 0.15) is 0 Å². The number of non-ortho nitro benzene ring substituents is 1. The normalized spacial score (nSPS) is 12.3. The molecule has 2 rings (SSSR count). The molecule has 2 aromatic carbocycles. The summed E-state index contributed by atoms with van der Waals surface area (Å²) in [5.74, 6) is 0. The van der Waals surface area contributed by atoms with Crippen LogP contribution in [0, 0.1) is 17.0 Å². The van der Waals surface area contributed by atoms with Crippen LogP contribution in [0.25, 0.3) is 0 Å². The van der Waals surface area contributed by atoms with E-state index in [9.17, 15) is 23.3 Å². The zero-order valence-corrected chi connectivity index (χ0v) is 18.2. The van der Waals surface area contributed by atoms with Crippen molar-refractivity contribution in [2.24, 2.45) is 0 Å². The lowest BCUT2D eigenvalue weighted by molar-refractivity contribution is -0.385. The molecule has 0 aromatic heterocycles. The van der Waals surface area contributed by atoms with E-state index in [1.165, 1.54) is 12.1 Å². The maximum Gasteiger partial charge on any atom is 0.321 e. The molecule has 1 atom stereocenters. The van der Waals surface area contributed by atoms with Crippen LogP contribution in [0.15, 0.2) is 47.4 Å². The Bertz CT molecular complexity index is 1020. The fraction of sp³-hybridized carbons (Fsp3) is 0.350. The van der Waals surface area contributed by atoms with Crippen LogP contribution < -0.4 is 10.0 Å². The second kappa shape index (κ2) is 9.68. The van der Waals surface area contributed by atoms with Crippen molar-refractivity contribution in [1.29, 1.82) is 0 Å². The summed E-state index contributed by atoms with van der Waals surface area (Å²) in [6, 6.07) is 9.75. The first-order chi connectivity index (χ1) is 14.1. The zero-order valence-electron chi connectivity index (χ0n) is 17.4. The molecule has 0 spiro atoms. The quantitative estimate of drug-likeness (QED) is 0.483. The highest BCUT2D eigenvalue weighted by molar-refractivity contribution is 7.89. The molecule has 0 bridgehead atoms. The molecule has 0 aliphatic rings. The first-order valence-corrected chi connectivity index (χ1v) is 11.0.